The van der Waals surface area contributed by atoms with E-state index in [4.69, 9.17) is 11.6 Å². The molecule has 110 valence electrons. The Morgan fingerprint density at radius 1 is 1.05 bits per heavy atom. The summed E-state index contributed by atoms with van der Waals surface area (Å²) in [5, 5.41) is 4.42. The van der Waals surface area contributed by atoms with Gasteiger partial charge in [0.05, 0.1) is 0 Å². The second-order valence-corrected chi connectivity index (χ2v) is 6.29. The Hall–Kier alpha value is -1.38. The lowest BCUT2D eigenvalue weighted by molar-refractivity contribution is 0.271. The SMILES string of the molecule is C[C@@H](NC1CC(c2ccc(F)cc2)C1)c1ccc(Cl)cc1. The highest BCUT2D eigenvalue weighted by Crippen LogP contribution is 2.37. The maximum absolute atomic E-state index is 12.9. The molecule has 1 aliphatic rings. The minimum Gasteiger partial charge on any atom is -0.307 e. The third-order valence-corrected chi connectivity index (χ3v) is 4.59. The van der Waals surface area contributed by atoms with Gasteiger partial charge in [-0.25, -0.2) is 4.39 Å². The van der Waals surface area contributed by atoms with Gasteiger partial charge in [-0.3, -0.25) is 0 Å². The lowest BCUT2D eigenvalue weighted by Crippen LogP contribution is -2.41. The molecule has 0 bridgehead atoms. The summed E-state index contributed by atoms with van der Waals surface area (Å²) < 4.78 is 12.9. The molecule has 1 fully saturated rings. The van der Waals surface area contributed by atoms with Gasteiger partial charge in [0.15, 0.2) is 0 Å². The number of halogens is 2. The molecule has 0 heterocycles. The van der Waals surface area contributed by atoms with Crippen LogP contribution in [0.5, 0.6) is 0 Å². The van der Waals surface area contributed by atoms with Crippen molar-refractivity contribution in [1.82, 2.24) is 5.32 Å². The zero-order valence-corrected chi connectivity index (χ0v) is 12.8. The Morgan fingerprint density at radius 3 is 2.29 bits per heavy atom. The van der Waals surface area contributed by atoms with Crippen molar-refractivity contribution in [1.29, 1.82) is 0 Å². The molecular weight excluding hydrogens is 285 g/mol. The largest absolute Gasteiger partial charge is 0.307 e. The molecule has 21 heavy (non-hydrogen) atoms. The summed E-state index contributed by atoms with van der Waals surface area (Å²) in [4.78, 5) is 0. The molecule has 0 saturated heterocycles. The Bertz CT molecular complexity index is 588. The first kappa shape index (κ1) is 14.6. The average molecular weight is 304 g/mol. The van der Waals surface area contributed by atoms with E-state index in [1.54, 1.807) is 12.1 Å². The lowest BCUT2D eigenvalue weighted by Gasteiger charge is -2.38. The van der Waals surface area contributed by atoms with Crippen LogP contribution < -0.4 is 5.32 Å². The monoisotopic (exact) mass is 303 g/mol. The molecule has 0 aliphatic heterocycles. The number of hydrogen-bond acceptors (Lipinski definition) is 1. The van der Waals surface area contributed by atoms with E-state index in [1.165, 1.54) is 11.1 Å². The molecule has 2 aromatic carbocycles. The topological polar surface area (TPSA) is 12.0 Å². The van der Waals surface area contributed by atoms with Gasteiger partial charge in [-0.05, 0) is 61.1 Å². The van der Waals surface area contributed by atoms with Crippen LogP contribution in [0.4, 0.5) is 4.39 Å². The second-order valence-electron chi connectivity index (χ2n) is 5.86. The van der Waals surface area contributed by atoms with Gasteiger partial charge >= 0.3 is 0 Å². The molecule has 1 aliphatic carbocycles. The Balaban J connectivity index is 1.52. The van der Waals surface area contributed by atoms with E-state index in [2.05, 4.69) is 24.4 Å². The minimum absolute atomic E-state index is 0.163. The van der Waals surface area contributed by atoms with Gasteiger partial charge in [0, 0.05) is 17.1 Å². The van der Waals surface area contributed by atoms with Crippen LogP contribution in [0.2, 0.25) is 5.02 Å². The molecule has 0 radical (unpaired) electrons. The zero-order valence-electron chi connectivity index (χ0n) is 12.0. The molecule has 0 amide bonds. The smallest absolute Gasteiger partial charge is 0.123 e. The summed E-state index contributed by atoms with van der Waals surface area (Å²) in [6, 6.07) is 15.7. The van der Waals surface area contributed by atoms with Gasteiger partial charge in [-0.1, -0.05) is 35.9 Å². The van der Waals surface area contributed by atoms with Gasteiger partial charge in [-0.15, -0.1) is 0 Å². The lowest BCUT2D eigenvalue weighted by atomic mass is 9.75. The molecular formula is C18H19ClFN. The van der Waals surface area contributed by atoms with Crippen LogP contribution >= 0.6 is 11.6 Å². The summed E-state index contributed by atoms with van der Waals surface area (Å²) in [7, 11) is 0. The zero-order chi connectivity index (χ0) is 14.8. The highest BCUT2D eigenvalue weighted by molar-refractivity contribution is 6.30. The van der Waals surface area contributed by atoms with Gasteiger partial charge in [-0.2, -0.15) is 0 Å². The second kappa shape index (κ2) is 6.17. The van der Waals surface area contributed by atoms with Crippen LogP contribution in [-0.4, -0.2) is 6.04 Å². The van der Waals surface area contributed by atoms with Crippen LogP contribution in [0.1, 0.15) is 42.9 Å². The van der Waals surface area contributed by atoms with Crippen LogP contribution in [0.3, 0.4) is 0 Å². The number of benzene rings is 2. The summed E-state index contributed by atoms with van der Waals surface area (Å²) in [5.41, 5.74) is 2.50. The number of hydrogen-bond donors (Lipinski definition) is 1. The summed E-state index contributed by atoms with van der Waals surface area (Å²) >= 11 is 5.91. The molecule has 2 aromatic rings. The molecule has 1 nitrogen and oxygen atoms in total. The Kier molecular flexibility index (Phi) is 4.27. The molecule has 0 unspecified atom stereocenters. The van der Waals surface area contributed by atoms with Crippen molar-refractivity contribution in [3.63, 3.8) is 0 Å². The van der Waals surface area contributed by atoms with Gasteiger partial charge in [0.25, 0.3) is 0 Å². The predicted molar refractivity (Wildman–Crippen MR) is 85.2 cm³/mol. The Morgan fingerprint density at radius 2 is 1.67 bits per heavy atom. The summed E-state index contributed by atoms with van der Waals surface area (Å²) in [6.45, 7) is 2.18. The van der Waals surface area contributed by atoms with E-state index in [0.29, 0.717) is 18.0 Å². The molecule has 3 rings (SSSR count). The third kappa shape index (κ3) is 3.45. The highest BCUT2D eigenvalue weighted by atomic mass is 35.5. The quantitative estimate of drug-likeness (QED) is 0.831. The Labute approximate surface area is 130 Å². The van der Waals surface area contributed by atoms with Crippen LogP contribution in [-0.2, 0) is 0 Å². The molecule has 0 spiro atoms. The summed E-state index contributed by atoms with van der Waals surface area (Å²) in [6.07, 6.45) is 2.23. The van der Waals surface area contributed by atoms with Crippen molar-refractivity contribution in [3.05, 3.63) is 70.5 Å². The molecule has 0 aromatic heterocycles. The van der Waals surface area contributed by atoms with Crippen LogP contribution in [0, 0.1) is 5.82 Å². The maximum atomic E-state index is 12.9. The molecule has 1 atom stereocenters. The van der Waals surface area contributed by atoms with Crippen molar-refractivity contribution in [2.75, 3.05) is 0 Å². The van der Waals surface area contributed by atoms with E-state index in [9.17, 15) is 4.39 Å². The number of nitrogens with one attached hydrogen (secondary N) is 1. The van der Waals surface area contributed by atoms with Crippen LogP contribution in [0.15, 0.2) is 48.5 Å². The van der Waals surface area contributed by atoms with Gasteiger partial charge < -0.3 is 5.32 Å². The molecule has 1 saturated carbocycles. The van der Waals surface area contributed by atoms with Crippen molar-refractivity contribution in [3.8, 4) is 0 Å². The van der Waals surface area contributed by atoms with Crippen LogP contribution in [0.25, 0.3) is 0 Å². The van der Waals surface area contributed by atoms with Gasteiger partial charge in [0.2, 0.25) is 0 Å². The molecule has 1 N–H and O–H groups in total. The average Bonchev–Trinajstić information content (AvgIpc) is 2.44. The van der Waals surface area contributed by atoms with E-state index in [1.807, 2.05) is 24.3 Å². The highest BCUT2D eigenvalue weighted by Gasteiger charge is 2.31. The fourth-order valence-electron chi connectivity index (χ4n) is 2.96. The first-order chi connectivity index (χ1) is 10.1. The van der Waals surface area contributed by atoms with E-state index in [-0.39, 0.29) is 5.82 Å². The maximum Gasteiger partial charge on any atom is 0.123 e. The van der Waals surface area contributed by atoms with Crippen molar-refractivity contribution < 1.29 is 4.39 Å². The number of rotatable bonds is 4. The molecule has 3 heteroatoms. The minimum atomic E-state index is -0.163. The van der Waals surface area contributed by atoms with Crippen molar-refractivity contribution in [2.24, 2.45) is 0 Å². The predicted octanol–water partition coefficient (Wildman–Crippen LogP) is 5.08. The fraction of sp³-hybridized carbons (Fsp3) is 0.333. The standard InChI is InChI=1S/C18H19ClFN/c1-12(13-2-6-16(19)7-3-13)21-18-10-15(11-18)14-4-8-17(20)9-5-14/h2-9,12,15,18,21H,10-11H2,1H3/t12-,15?,18?/m1/s1. The first-order valence-electron chi connectivity index (χ1n) is 7.39. The normalized spacial score (nSPS) is 22.6. The van der Waals surface area contributed by atoms with Crippen molar-refractivity contribution >= 4 is 11.6 Å². The van der Waals surface area contributed by atoms with Crippen molar-refractivity contribution in [2.45, 2.75) is 37.8 Å². The van der Waals surface area contributed by atoms with E-state index < -0.39 is 0 Å². The fourth-order valence-corrected chi connectivity index (χ4v) is 3.09. The third-order valence-electron chi connectivity index (χ3n) is 4.34. The van der Waals surface area contributed by atoms with Gasteiger partial charge in [0.1, 0.15) is 5.82 Å². The van der Waals surface area contributed by atoms with E-state index >= 15 is 0 Å². The van der Waals surface area contributed by atoms with E-state index in [0.717, 1.165) is 17.9 Å². The summed E-state index contributed by atoms with van der Waals surface area (Å²) in [5.74, 6) is 0.393. The first-order valence-corrected chi connectivity index (χ1v) is 7.76.